The zero-order valence-corrected chi connectivity index (χ0v) is 30.7. The van der Waals surface area contributed by atoms with Crippen molar-refractivity contribution in [1.82, 2.24) is 19.1 Å². The van der Waals surface area contributed by atoms with Crippen LogP contribution in [0.15, 0.2) is 103 Å². The Kier molecular flexibility index (Phi) is 10.1. The van der Waals surface area contributed by atoms with Crippen molar-refractivity contribution in [1.29, 1.82) is 0 Å². The molecule has 7 rings (SSSR count). The van der Waals surface area contributed by atoms with Gasteiger partial charge in [0.05, 0.1) is 18.1 Å². The average molecular weight is 740 g/mol. The predicted molar refractivity (Wildman–Crippen MR) is 207 cm³/mol. The molecule has 1 N–H and O–H groups in total. The topological polar surface area (TPSA) is 132 Å². The molecule has 55 heavy (non-hydrogen) atoms. The number of ketones is 2. The van der Waals surface area contributed by atoms with Crippen molar-refractivity contribution in [3.8, 4) is 28.0 Å². The molecule has 12 nitrogen and oxygen atoms in total. The van der Waals surface area contributed by atoms with Crippen molar-refractivity contribution in [2.24, 2.45) is 14.1 Å². The number of nitrogens with one attached hydrogen (secondary N) is 1. The molecule has 0 radical (unpaired) electrons. The van der Waals surface area contributed by atoms with Crippen LogP contribution in [0.2, 0.25) is 0 Å². The molecule has 1 saturated heterocycles. The lowest BCUT2D eigenvalue weighted by Gasteiger charge is -2.36. The van der Waals surface area contributed by atoms with Gasteiger partial charge in [-0.3, -0.25) is 14.4 Å². The number of anilines is 3. The number of nitrogens with zero attached hydrogens (tertiary/aromatic N) is 6. The number of aryl methyl sites for hydroxylation is 2. The van der Waals surface area contributed by atoms with Gasteiger partial charge in [0.2, 0.25) is 5.95 Å². The zero-order valence-electron chi connectivity index (χ0n) is 30.7. The van der Waals surface area contributed by atoms with Crippen LogP contribution in [0, 0.1) is 19.7 Å². The van der Waals surface area contributed by atoms with Crippen molar-refractivity contribution >= 4 is 40.8 Å². The van der Waals surface area contributed by atoms with Gasteiger partial charge in [-0.05, 0) is 49.2 Å². The Balaban J connectivity index is 1.18. The van der Waals surface area contributed by atoms with Crippen molar-refractivity contribution < 1.29 is 28.3 Å². The van der Waals surface area contributed by atoms with Crippen LogP contribution in [0.25, 0.3) is 22.3 Å². The molecule has 0 unspecified atom stereocenters. The minimum absolute atomic E-state index is 0.0157. The van der Waals surface area contributed by atoms with Gasteiger partial charge >= 0.3 is 5.97 Å². The van der Waals surface area contributed by atoms with E-state index in [2.05, 4.69) is 15.3 Å². The first kappa shape index (κ1) is 36.5. The Bertz CT molecular complexity index is 2420. The second kappa shape index (κ2) is 15.2. The van der Waals surface area contributed by atoms with Gasteiger partial charge in [-0.25, -0.2) is 19.2 Å². The third-order valence-corrected chi connectivity index (χ3v) is 9.87. The van der Waals surface area contributed by atoms with E-state index in [0.717, 1.165) is 34.9 Å². The van der Waals surface area contributed by atoms with Crippen LogP contribution in [-0.4, -0.2) is 68.7 Å². The lowest BCUT2D eigenvalue weighted by atomic mass is 10.0. The highest BCUT2D eigenvalue weighted by Crippen LogP contribution is 2.35. The van der Waals surface area contributed by atoms with Crippen LogP contribution in [0.1, 0.15) is 32.4 Å². The van der Waals surface area contributed by atoms with Crippen molar-refractivity contribution in [3.63, 3.8) is 0 Å². The van der Waals surface area contributed by atoms with E-state index in [1.807, 2.05) is 96.4 Å². The maximum Gasteiger partial charge on any atom is 0.386 e. The van der Waals surface area contributed by atoms with E-state index < -0.39 is 29.3 Å². The van der Waals surface area contributed by atoms with Crippen LogP contribution in [0.4, 0.5) is 21.7 Å². The molecule has 1 fully saturated rings. The molecule has 6 aromatic rings. The van der Waals surface area contributed by atoms with Gasteiger partial charge < -0.3 is 29.0 Å². The van der Waals surface area contributed by atoms with Crippen molar-refractivity contribution in [2.45, 2.75) is 13.8 Å². The highest BCUT2D eigenvalue weighted by molar-refractivity contribution is 6.47. The fraction of sp³-hybridized carbons (Fsp3) is 0.190. The van der Waals surface area contributed by atoms with E-state index in [-0.39, 0.29) is 22.8 Å². The smallest absolute Gasteiger partial charge is 0.386 e. The molecule has 13 heteroatoms. The molecule has 1 amide bonds. The molecule has 278 valence electrons. The van der Waals surface area contributed by atoms with Crippen molar-refractivity contribution in [3.05, 3.63) is 132 Å². The number of piperazine rings is 1. The van der Waals surface area contributed by atoms with E-state index in [1.165, 1.54) is 6.07 Å². The van der Waals surface area contributed by atoms with Crippen LogP contribution in [-0.2, 0) is 23.7 Å². The van der Waals surface area contributed by atoms with Crippen LogP contribution >= 0.6 is 0 Å². The van der Waals surface area contributed by atoms with Crippen LogP contribution in [0.3, 0.4) is 0 Å². The Morgan fingerprint density at radius 2 is 1.18 bits per heavy atom. The lowest BCUT2D eigenvalue weighted by molar-refractivity contribution is -0.129. The molecule has 0 aliphatic carbocycles. The van der Waals surface area contributed by atoms with E-state index in [0.29, 0.717) is 48.9 Å². The predicted octanol–water partition coefficient (Wildman–Crippen LogP) is 6.18. The summed E-state index contributed by atoms with van der Waals surface area (Å²) in [6, 6.07) is 27.0. The molecule has 0 atom stereocenters. The summed E-state index contributed by atoms with van der Waals surface area (Å²) in [7, 11) is 3.44. The second-order valence-electron chi connectivity index (χ2n) is 13.3. The summed E-state index contributed by atoms with van der Waals surface area (Å²) in [5, 5.41) is 2.68. The number of aromatic nitrogens is 4. The Hall–Kier alpha value is -6.89. The number of ether oxygens (including phenoxy) is 1. The summed E-state index contributed by atoms with van der Waals surface area (Å²) in [5.74, 6) is -3.74. The largest absolute Gasteiger partial charge is 0.418 e. The minimum atomic E-state index is -1.12. The quantitative estimate of drug-likeness (QED) is 0.0758. The third-order valence-electron chi connectivity index (χ3n) is 9.87. The molecule has 1 aliphatic heterocycles. The van der Waals surface area contributed by atoms with Gasteiger partial charge in [-0.2, -0.15) is 0 Å². The normalized spacial score (nSPS) is 12.7. The SMILES string of the molecule is Cc1cc(-c2ccccc2)c(C(=O)C(=O)Nc2ccc(N3CCN(c4ncc(F)cn4)CC3)c(OC(=O)C(=O)c3c(-c4ccccc4)cc(C)n3C)c2)n1C. The molecular formula is C42H38FN7O5. The molecule has 0 saturated carbocycles. The van der Waals surface area contributed by atoms with Gasteiger partial charge in [0, 0.05) is 74.5 Å². The number of rotatable bonds is 10. The first-order chi connectivity index (χ1) is 26.5. The van der Waals surface area contributed by atoms with Gasteiger partial charge in [0.25, 0.3) is 17.5 Å². The van der Waals surface area contributed by atoms with Crippen LogP contribution < -0.4 is 19.9 Å². The summed E-state index contributed by atoms with van der Waals surface area (Å²) >= 11 is 0. The number of hydrogen-bond acceptors (Lipinski definition) is 9. The van der Waals surface area contributed by atoms with E-state index >= 15 is 0 Å². The summed E-state index contributed by atoms with van der Waals surface area (Å²) in [4.78, 5) is 67.1. The highest BCUT2D eigenvalue weighted by Gasteiger charge is 2.30. The van der Waals surface area contributed by atoms with Crippen LogP contribution in [0.5, 0.6) is 5.75 Å². The number of esters is 1. The number of benzene rings is 3. The van der Waals surface area contributed by atoms with E-state index in [9.17, 15) is 23.6 Å². The number of halogens is 1. The molecule has 4 heterocycles. The molecule has 3 aromatic heterocycles. The van der Waals surface area contributed by atoms with Gasteiger partial charge in [-0.1, -0.05) is 60.7 Å². The maximum absolute atomic E-state index is 13.9. The fourth-order valence-electron chi connectivity index (χ4n) is 6.78. The third kappa shape index (κ3) is 7.36. The lowest BCUT2D eigenvalue weighted by Crippen LogP contribution is -2.47. The maximum atomic E-state index is 13.9. The number of carbonyl (C=O) groups excluding carboxylic acids is 4. The highest BCUT2D eigenvalue weighted by atomic mass is 19.1. The van der Waals surface area contributed by atoms with E-state index in [4.69, 9.17) is 4.74 Å². The van der Waals surface area contributed by atoms with Gasteiger partial charge in [0.1, 0.15) is 11.4 Å². The van der Waals surface area contributed by atoms with Gasteiger partial charge in [0.15, 0.2) is 11.6 Å². The minimum Gasteiger partial charge on any atom is -0.418 e. The number of Topliss-reactive ketones (excluding diaryl/α,β-unsaturated/α-hetero) is 2. The zero-order chi connectivity index (χ0) is 38.8. The van der Waals surface area contributed by atoms with Crippen molar-refractivity contribution in [2.75, 3.05) is 41.3 Å². The number of carbonyl (C=O) groups is 4. The Morgan fingerprint density at radius 3 is 1.73 bits per heavy atom. The molecule has 0 spiro atoms. The standard InChI is InChI=1S/C42H38FN7O5/c1-26-21-32(28-11-7-5-8-12-28)36(47(26)3)38(51)40(53)46-31-15-16-34(49-17-19-50(20-18-49)42-44-24-30(43)25-45-42)35(23-31)55-41(54)39(52)37-33(22-27(2)48(37)4)29-13-9-6-10-14-29/h5-16,21-25H,17-20H2,1-4H3,(H,46,53). The summed E-state index contributed by atoms with van der Waals surface area (Å²) in [6.07, 6.45) is 2.22. The molecule has 0 bridgehead atoms. The van der Waals surface area contributed by atoms with Gasteiger partial charge in [-0.15, -0.1) is 0 Å². The summed E-state index contributed by atoms with van der Waals surface area (Å²) in [6.45, 7) is 5.51. The second-order valence-corrected chi connectivity index (χ2v) is 13.3. The first-order valence-corrected chi connectivity index (χ1v) is 17.7. The fourth-order valence-corrected chi connectivity index (χ4v) is 6.78. The monoisotopic (exact) mass is 739 g/mol. The number of hydrogen-bond donors (Lipinski definition) is 1. The summed E-state index contributed by atoms with van der Waals surface area (Å²) < 4.78 is 22.7. The molecule has 3 aromatic carbocycles. The molecule has 1 aliphatic rings. The summed E-state index contributed by atoms with van der Waals surface area (Å²) in [5.41, 5.74) is 5.42. The first-order valence-electron chi connectivity index (χ1n) is 17.7. The van der Waals surface area contributed by atoms with E-state index in [1.54, 1.807) is 35.4 Å². The Morgan fingerprint density at radius 1 is 0.673 bits per heavy atom. The Labute approximate surface area is 316 Å². The molecular weight excluding hydrogens is 702 g/mol. The average Bonchev–Trinajstić information content (AvgIpc) is 3.68. The number of amides is 1.